The largest absolute Gasteiger partial charge is 0.508 e. The van der Waals surface area contributed by atoms with Crippen molar-refractivity contribution in [3.05, 3.63) is 41.5 Å². The first-order chi connectivity index (χ1) is 7.04. The average Bonchev–Trinajstić information content (AvgIpc) is 2.20. The number of phenolic OH excluding ortho intramolecular Hbond substituents is 1. The molecular formula is C12H14O3. The summed E-state index contributed by atoms with van der Waals surface area (Å²) in [6, 6.07) is 5.30. The van der Waals surface area contributed by atoms with Gasteiger partial charge in [-0.1, -0.05) is 18.7 Å². The Balaban J connectivity index is 2.81. The van der Waals surface area contributed by atoms with Crippen LogP contribution >= 0.6 is 0 Å². The number of methoxy groups -OCH3 is 1. The van der Waals surface area contributed by atoms with Gasteiger partial charge < -0.3 is 9.84 Å². The number of hydrogen-bond acceptors (Lipinski definition) is 3. The molecule has 0 radical (unpaired) electrons. The van der Waals surface area contributed by atoms with Crippen LogP contribution in [0, 0.1) is 6.92 Å². The molecule has 3 heteroatoms. The van der Waals surface area contributed by atoms with Gasteiger partial charge in [0.1, 0.15) is 5.75 Å². The summed E-state index contributed by atoms with van der Waals surface area (Å²) in [6.45, 7) is 5.49. The molecule has 1 aromatic carbocycles. The molecule has 3 nitrogen and oxygen atoms in total. The van der Waals surface area contributed by atoms with Gasteiger partial charge in [-0.15, -0.1) is 0 Å². The maximum absolute atomic E-state index is 11.1. The van der Waals surface area contributed by atoms with Gasteiger partial charge in [0.25, 0.3) is 0 Å². The van der Waals surface area contributed by atoms with Gasteiger partial charge in [-0.05, 0) is 24.1 Å². The molecule has 0 aromatic heterocycles. The van der Waals surface area contributed by atoms with Crippen LogP contribution in [0.2, 0.25) is 0 Å². The number of esters is 1. The summed E-state index contributed by atoms with van der Waals surface area (Å²) in [5, 5.41) is 9.60. The van der Waals surface area contributed by atoms with Crippen LogP contribution in [0.25, 0.3) is 0 Å². The number of rotatable bonds is 3. The van der Waals surface area contributed by atoms with E-state index in [1.165, 1.54) is 7.11 Å². The van der Waals surface area contributed by atoms with E-state index in [1.807, 2.05) is 13.0 Å². The highest BCUT2D eigenvalue weighted by molar-refractivity contribution is 5.88. The Kier molecular flexibility index (Phi) is 3.50. The molecule has 0 spiro atoms. The van der Waals surface area contributed by atoms with Crippen molar-refractivity contribution >= 4 is 5.97 Å². The quantitative estimate of drug-likeness (QED) is 0.607. The summed E-state index contributed by atoms with van der Waals surface area (Å²) >= 11 is 0. The zero-order valence-electron chi connectivity index (χ0n) is 8.91. The molecule has 0 amide bonds. The minimum atomic E-state index is -0.449. The van der Waals surface area contributed by atoms with Gasteiger partial charge in [-0.2, -0.15) is 0 Å². The van der Waals surface area contributed by atoms with E-state index in [2.05, 4.69) is 11.3 Å². The molecule has 0 atom stereocenters. The monoisotopic (exact) mass is 206 g/mol. The first-order valence-corrected chi connectivity index (χ1v) is 4.59. The Morgan fingerprint density at radius 2 is 2.20 bits per heavy atom. The van der Waals surface area contributed by atoms with Crippen molar-refractivity contribution in [3.63, 3.8) is 0 Å². The number of carbonyl (C=O) groups excluding carboxylic acids is 1. The van der Waals surface area contributed by atoms with E-state index >= 15 is 0 Å². The molecule has 0 bridgehead atoms. The third kappa shape index (κ3) is 2.84. The molecule has 0 unspecified atom stereocenters. The van der Waals surface area contributed by atoms with Gasteiger partial charge in [0, 0.05) is 12.0 Å². The minimum Gasteiger partial charge on any atom is -0.508 e. The van der Waals surface area contributed by atoms with Gasteiger partial charge in [0.05, 0.1) is 7.11 Å². The Labute approximate surface area is 89.0 Å². The third-order valence-corrected chi connectivity index (χ3v) is 2.12. The molecule has 0 saturated carbocycles. The normalized spacial score (nSPS) is 9.73. The van der Waals surface area contributed by atoms with Crippen LogP contribution in [0.1, 0.15) is 11.1 Å². The first-order valence-electron chi connectivity index (χ1n) is 4.59. The number of ether oxygens (including phenoxy) is 1. The molecule has 1 aromatic rings. The van der Waals surface area contributed by atoms with E-state index in [-0.39, 0.29) is 5.75 Å². The molecule has 0 aliphatic rings. The van der Waals surface area contributed by atoms with Crippen molar-refractivity contribution in [2.45, 2.75) is 13.3 Å². The topological polar surface area (TPSA) is 46.5 Å². The predicted molar refractivity (Wildman–Crippen MR) is 57.7 cm³/mol. The van der Waals surface area contributed by atoms with Crippen LogP contribution < -0.4 is 0 Å². The molecule has 1 rings (SSSR count). The van der Waals surface area contributed by atoms with Crippen LogP contribution in [-0.2, 0) is 16.0 Å². The Bertz CT molecular complexity index is 394. The highest BCUT2D eigenvalue weighted by Crippen LogP contribution is 2.21. The fraction of sp³-hybridized carbons (Fsp3) is 0.250. The Morgan fingerprint density at radius 3 is 2.73 bits per heavy atom. The summed E-state index contributed by atoms with van der Waals surface area (Å²) < 4.78 is 4.53. The van der Waals surface area contributed by atoms with Crippen molar-refractivity contribution in [3.8, 4) is 5.75 Å². The van der Waals surface area contributed by atoms with E-state index < -0.39 is 5.97 Å². The van der Waals surface area contributed by atoms with Crippen molar-refractivity contribution < 1.29 is 14.6 Å². The predicted octanol–water partition coefficient (Wildman–Crippen LogP) is 1.97. The molecular weight excluding hydrogens is 192 g/mol. The number of benzene rings is 1. The second kappa shape index (κ2) is 4.64. The lowest BCUT2D eigenvalue weighted by Gasteiger charge is -2.06. The Hall–Kier alpha value is -1.77. The van der Waals surface area contributed by atoms with Crippen LogP contribution in [0.15, 0.2) is 30.4 Å². The zero-order valence-corrected chi connectivity index (χ0v) is 8.91. The number of carbonyl (C=O) groups is 1. The third-order valence-electron chi connectivity index (χ3n) is 2.12. The standard InChI is InChI=1S/C12H14O3/c1-8-4-5-10(11(13)6-8)7-9(2)12(14)15-3/h4-6,13H,2,7H2,1,3H3. The summed E-state index contributed by atoms with van der Waals surface area (Å²) in [7, 11) is 1.31. The SMILES string of the molecule is C=C(Cc1ccc(C)cc1O)C(=O)OC. The molecule has 0 aliphatic heterocycles. The lowest BCUT2D eigenvalue weighted by molar-refractivity contribution is -0.136. The van der Waals surface area contributed by atoms with Crippen molar-refractivity contribution in [2.75, 3.05) is 7.11 Å². The van der Waals surface area contributed by atoms with Crippen molar-refractivity contribution in [1.29, 1.82) is 0 Å². The number of hydrogen-bond donors (Lipinski definition) is 1. The van der Waals surface area contributed by atoms with Gasteiger partial charge in [-0.3, -0.25) is 0 Å². The van der Waals surface area contributed by atoms with Gasteiger partial charge in [0.2, 0.25) is 0 Å². The molecule has 1 N–H and O–H groups in total. The molecule has 80 valence electrons. The molecule has 0 saturated heterocycles. The second-order valence-electron chi connectivity index (χ2n) is 3.40. The van der Waals surface area contributed by atoms with E-state index in [0.717, 1.165) is 5.56 Å². The van der Waals surface area contributed by atoms with Crippen LogP contribution in [0.5, 0.6) is 5.75 Å². The maximum Gasteiger partial charge on any atom is 0.333 e. The van der Waals surface area contributed by atoms with Crippen molar-refractivity contribution in [1.82, 2.24) is 0 Å². The van der Waals surface area contributed by atoms with Crippen LogP contribution in [0.3, 0.4) is 0 Å². The molecule has 15 heavy (non-hydrogen) atoms. The summed E-state index contributed by atoms with van der Waals surface area (Å²) in [5.74, 6) is -0.268. The number of aromatic hydroxyl groups is 1. The molecule has 0 aliphatic carbocycles. The second-order valence-corrected chi connectivity index (χ2v) is 3.40. The molecule has 0 fully saturated rings. The average molecular weight is 206 g/mol. The lowest BCUT2D eigenvalue weighted by atomic mass is 10.0. The maximum atomic E-state index is 11.1. The summed E-state index contributed by atoms with van der Waals surface area (Å²) in [6.07, 6.45) is 0.304. The zero-order chi connectivity index (χ0) is 11.4. The highest BCUT2D eigenvalue weighted by atomic mass is 16.5. The lowest BCUT2D eigenvalue weighted by Crippen LogP contribution is -2.06. The number of phenols is 1. The fourth-order valence-corrected chi connectivity index (χ4v) is 1.27. The van der Waals surface area contributed by atoms with Crippen molar-refractivity contribution in [2.24, 2.45) is 0 Å². The highest BCUT2D eigenvalue weighted by Gasteiger charge is 2.10. The number of aryl methyl sites for hydroxylation is 1. The fourth-order valence-electron chi connectivity index (χ4n) is 1.27. The minimum absolute atomic E-state index is 0.181. The summed E-state index contributed by atoms with van der Waals surface area (Å²) in [4.78, 5) is 11.1. The van der Waals surface area contributed by atoms with E-state index in [9.17, 15) is 9.90 Å². The van der Waals surface area contributed by atoms with E-state index in [1.54, 1.807) is 12.1 Å². The van der Waals surface area contributed by atoms with Crippen LogP contribution in [-0.4, -0.2) is 18.2 Å². The first kappa shape index (κ1) is 11.3. The van der Waals surface area contributed by atoms with Gasteiger partial charge >= 0.3 is 5.97 Å². The van der Waals surface area contributed by atoms with E-state index in [4.69, 9.17) is 0 Å². The van der Waals surface area contributed by atoms with Gasteiger partial charge in [-0.25, -0.2) is 4.79 Å². The molecule has 0 heterocycles. The van der Waals surface area contributed by atoms with Crippen LogP contribution in [0.4, 0.5) is 0 Å². The van der Waals surface area contributed by atoms with E-state index in [0.29, 0.717) is 17.6 Å². The smallest absolute Gasteiger partial charge is 0.333 e. The summed E-state index contributed by atoms with van der Waals surface area (Å²) in [5.41, 5.74) is 1.98. The Morgan fingerprint density at radius 1 is 1.53 bits per heavy atom. The van der Waals surface area contributed by atoms with Gasteiger partial charge in [0.15, 0.2) is 0 Å².